The number of likely N-dealkylation sites (tertiary alicyclic amines) is 1. The van der Waals surface area contributed by atoms with Gasteiger partial charge in [-0.25, -0.2) is 4.98 Å². The zero-order chi connectivity index (χ0) is 16.4. The molecule has 124 valence electrons. The number of rotatable bonds is 5. The van der Waals surface area contributed by atoms with Crippen LogP contribution in [0.25, 0.3) is 10.6 Å². The van der Waals surface area contributed by atoms with Gasteiger partial charge in [-0.1, -0.05) is 38.1 Å². The summed E-state index contributed by atoms with van der Waals surface area (Å²) in [7, 11) is 0. The standard InChI is InChI=1S/C19H27N3S/c1-13(2)16-4-6-17(7-5-16)19-21-18(12-23-19)11-22-10-15(9-20)8-14(22)3/h4-7,12-15H,8-11,20H2,1-3H3. The highest BCUT2D eigenvalue weighted by atomic mass is 32.1. The summed E-state index contributed by atoms with van der Waals surface area (Å²) in [6, 6.07) is 9.44. The van der Waals surface area contributed by atoms with Crippen LogP contribution in [0.3, 0.4) is 0 Å². The van der Waals surface area contributed by atoms with Crippen LogP contribution in [0.5, 0.6) is 0 Å². The highest BCUT2D eigenvalue weighted by Gasteiger charge is 2.28. The molecule has 1 aromatic heterocycles. The van der Waals surface area contributed by atoms with Crippen LogP contribution in [0.2, 0.25) is 0 Å². The predicted octanol–water partition coefficient (Wildman–Crippen LogP) is 4.10. The first kappa shape index (κ1) is 16.6. The second-order valence-corrected chi connectivity index (χ2v) is 7.89. The van der Waals surface area contributed by atoms with Gasteiger partial charge >= 0.3 is 0 Å². The fraction of sp³-hybridized carbons (Fsp3) is 0.526. The zero-order valence-electron chi connectivity index (χ0n) is 14.3. The molecule has 2 aromatic rings. The van der Waals surface area contributed by atoms with Gasteiger partial charge in [-0.3, -0.25) is 4.90 Å². The van der Waals surface area contributed by atoms with Gasteiger partial charge in [0.15, 0.2) is 0 Å². The fourth-order valence-electron chi connectivity index (χ4n) is 3.34. The molecule has 0 bridgehead atoms. The van der Waals surface area contributed by atoms with Crippen molar-refractivity contribution in [2.24, 2.45) is 11.7 Å². The molecule has 0 saturated carbocycles. The Morgan fingerprint density at radius 1 is 1.30 bits per heavy atom. The van der Waals surface area contributed by atoms with Crippen LogP contribution in [0.15, 0.2) is 29.6 Å². The Labute approximate surface area is 143 Å². The number of nitrogens with two attached hydrogens (primary N) is 1. The molecule has 1 saturated heterocycles. The number of nitrogens with zero attached hydrogens (tertiary/aromatic N) is 2. The highest BCUT2D eigenvalue weighted by Crippen LogP contribution is 2.28. The molecule has 1 aromatic carbocycles. The molecule has 1 aliphatic rings. The van der Waals surface area contributed by atoms with Crippen LogP contribution >= 0.6 is 11.3 Å². The van der Waals surface area contributed by atoms with Crippen molar-refractivity contribution in [1.82, 2.24) is 9.88 Å². The Morgan fingerprint density at radius 2 is 2.04 bits per heavy atom. The maximum Gasteiger partial charge on any atom is 0.123 e. The Hall–Kier alpha value is -1.23. The van der Waals surface area contributed by atoms with Crippen LogP contribution in [0.1, 0.15) is 44.4 Å². The third-order valence-corrected chi connectivity index (χ3v) is 5.81. The molecule has 1 fully saturated rings. The predicted molar refractivity (Wildman–Crippen MR) is 98.7 cm³/mol. The normalized spacial score (nSPS) is 22.1. The van der Waals surface area contributed by atoms with Gasteiger partial charge in [0.05, 0.1) is 5.69 Å². The number of aromatic nitrogens is 1. The molecule has 23 heavy (non-hydrogen) atoms. The van der Waals surface area contributed by atoms with Crippen molar-refractivity contribution in [3.05, 3.63) is 40.9 Å². The van der Waals surface area contributed by atoms with Crippen molar-refractivity contribution in [3.63, 3.8) is 0 Å². The van der Waals surface area contributed by atoms with Crippen LogP contribution in [-0.2, 0) is 6.54 Å². The summed E-state index contributed by atoms with van der Waals surface area (Å²) in [4.78, 5) is 7.36. The monoisotopic (exact) mass is 329 g/mol. The molecule has 2 atom stereocenters. The van der Waals surface area contributed by atoms with Gasteiger partial charge in [0.25, 0.3) is 0 Å². The Morgan fingerprint density at radius 3 is 2.65 bits per heavy atom. The molecule has 0 amide bonds. The molecule has 1 aliphatic heterocycles. The number of hydrogen-bond donors (Lipinski definition) is 1. The maximum atomic E-state index is 5.82. The number of hydrogen-bond acceptors (Lipinski definition) is 4. The van der Waals surface area contributed by atoms with Gasteiger partial charge < -0.3 is 5.73 Å². The van der Waals surface area contributed by atoms with Gasteiger partial charge in [-0.05, 0) is 37.3 Å². The third kappa shape index (κ3) is 3.82. The van der Waals surface area contributed by atoms with Crippen molar-refractivity contribution in [2.75, 3.05) is 13.1 Å². The van der Waals surface area contributed by atoms with Crippen molar-refractivity contribution in [1.29, 1.82) is 0 Å². The van der Waals surface area contributed by atoms with E-state index in [0.29, 0.717) is 17.9 Å². The van der Waals surface area contributed by atoms with E-state index >= 15 is 0 Å². The van der Waals surface area contributed by atoms with Gasteiger partial charge in [-0.2, -0.15) is 0 Å². The number of benzene rings is 1. The largest absolute Gasteiger partial charge is 0.330 e. The van der Waals surface area contributed by atoms with Gasteiger partial charge in [-0.15, -0.1) is 11.3 Å². The molecule has 0 spiro atoms. The smallest absolute Gasteiger partial charge is 0.123 e. The molecule has 2 N–H and O–H groups in total. The summed E-state index contributed by atoms with van der Waals surface area (Å²) in [5.74, 6) is 1.22. The molecule has 4 heteroatoms. The van der Waals surface area contributed by atoms with Gasteiger partial charge in [0.2, 0.25) is 0 Å². The van der Waals surface area contributed by atoms with Crippen molar-refractivity contribution < 1.29 is 0 Å². The average Bonchev–Trinajstić information content (AvgIpc) is 3.15. The lowest BCUT2D eigenvalue weighted by Crippen LogP contribution is -2.27. The minimum atomic E-state index is 0.572. The summed E-state index contributed by atoms with van der Waals surface area (Å²) in [5.41, 5.74) is 9.61. The van der Waals surface area contributed by atoms with Crippen LogP contribution < -0.4 is 5.73 Å². The molecular formula is C19H27N3S. The van der Waals surface area contributed by atoms with E-state index in [-0.39, 0.29) is 0 Å². The second kappa shape index (κ2) is 7.12. The van der Waals surface area contributed by atoms with E-state index in [2.05, 4.69) is 55.3 Å². The van der Waals surface area contributed by atoms with E-state index in [1.165, 1.54) is 23.2 Å². The first-order valence-corrected chi connectivity index (χ1v) is 9.43. The first-order valence-electron chi connectivity index (χ1n) is 8.55. The summed E-state index contributed by atoms with van der Waals surface area (Å²) in [6.07, 6.45) is 1.21. The average molecular weight is 330 g/mol. The van der Waals surface area contributed by atoms with E-state index in [1.54, 1.807) is 11.3 Å². The van der Waals surface area contributed by atoms with E-state index in [1.807, 2.05) is 0 Å². The summed E-state index contributed by atoms with van der Waals surface area (Å²) >= 11 is 1.75. The van der Waals surface area contributed by atoms with Crippen LogP contribution in [0.4, 0.5) is 0 Å². The second-order valence-electron chi connectivity index (χ2n) is 7.04. The third-order valence-electron chi connectivity index (χ3n) is 4.86. The minimum absolute atomic E-state index is 0.572. The SMILES string of the molecule is CC(C)c1ccc(-c2nc(CN3CC(CN)CC3C)cs2)cc1. The van der Waals surface area contributed by atoms with Crippen molar-refractivity contribution in [2.45, 2.75) is 45.7 Å². The number of thiazole rings is 1. The molecule has 2 heterocycles. The summed E-state index contributed by atoms with van der Waals surface area (Å²) < 4.78 is 0. The van der Waals surface area contributed by atoms with E-state index in [4.69, 9.17) is 10.7 Å². The van der Waals surface area contributed by atoms with Crippen LogP contribution in [0, 0.1) is 5.92 Å². The molecule has 3 nitrogen and oxygen atoms in total. The fourth-order valence-corrected chi connectivity index (χ4v) is 4.16. The summed E-state index contributed by atoms with van der Waals surface area (Å²) in [6.45, 7) is 9.59. The molecule has 3 rings (SSSR count). The topological polar surface area (TPSA) is 42.2 Å². The lowest BCUT2D eigenvalue weighted by molar-refractivity contribution is 0.253. The Balaban J connectivity index is 1.68. The van der Waals surface area contributed by atoms with E-state index in [0.717, 1.165) is 24.6 Å². The Bertz CT molecular complexity index is 632. The summed E-state index contributed by atoms with van der Waals surface area (Å²) in [5, 5.41) is 3.33. The maximum absolute atomic E-state index is 5.82. The Kier molecular flexibility index (Phi) is 5.14. The van der Waals surface area contributed by atoms with Gasteiger partial charge in [0, 0.05) is 30.1 Å². The quantitative estimate of drug-likeness (QED) is 0.898. The van der Waals surface area contributed by atoms with E-state index in [9.17, 15) is 0 Å². The molecule has 2 unspecified atom stereocenters. The lowest BCUT2D eigenvalue weighted by atomic mass is 10.0. The van der Waals surface area contributed by atoms with Crippen molar-refractivity contribution >= 4 is 11.3 Å². The first-order chi connectivity index (χ1) is 11.1. The minimum Gasteiger partial charge on any atom is -0.330 e. The zero-order valence-corrected chi connectivity index (χ0v) is 15.1. The highest BCUT2D eigenvalue weighted by molar-refractivity contribution is 7.13. The molecule has 0 radical (unpaired) electrons. The lowest BCUT2D eigenvalue weighted by Gasteiger charge is -2.19. The molecule has 0 aliphatic carbocycles. The van der Waals surface area contributed by atoms with Crippen LogP contribution in [-0.4, -0.2) is 29.0 Å². The molecular weight excluding hydrogens is 302 g/mol. The van der Waals surface area contributed by atoms with Crippen molar-refractivity contribution in [3.8, 4) is 10.6 Å². The van der Waals surface area contributed by atoms with E-state index < -0.39 is 0 Å². The van der Waals surface area contributed by atoms with Gasteiger partial charge in [0.1, 0.15) is 5.01 Å².